The number of aldehydes is 1. The number of likely N-dealkylation sites (N-methyl/N-ethyl adjacent to an activating group) is 1. The first kappa shape index (κ1) is 37.9. The average Bonchev–Trinajstić information content (AvgIpc) is 3.29. The summed E-state index contributed by atoms with van der Waals surface area (Å²) in [5.74, 6) is 5.75. The van der Waals surface area contributed by atoms with E-state index in [0.717, 1.165) is 19.1 Å². The Kier molecular flexibility index (Phi) is 14.2. The van der Waals surface area contributed by atoms with Gasteiger partial charge in [-0.15, -0.1) is 0 Å². The summed E-state index contributed by atoms with van der Waals surface area (Å²) in [7, 11) is 3.11. The summed E-state index contributed by atoms with van der Waals surface area (Å²) in [6.07, 6.45) is 6.78. The molecule has 1 aromatic rings. The molecule has 13 nitrogen and oxygen atoms in total. The van der Waals surface area contributed by atoms with Crippen molar-refractivity contribution in [1.82, 2.24) is 28.4 Å². The minimum absolute atomic E-state index is 0.00145. The average molecular weight is 675 g/mol. The molecule has 2 saturated heterocycles. The van der Waals surface area contributed by atoms with Crippen LogP contribution in [0.1, 0.15) is 72.3 Å². The highest BCUT2D eigenvalue weighted by Crippen LogP contribution is 2.20. The lowest BCUT2D eigenvalue weighted by molar-refractivity contribution is -0.124. The van der Waals surface area contributed by atoms with Gasteiger partial charge in [-0.1, -0.05) is 30.6 Å². The number of allylic oxidation sites excluding steroid dienone is 1. The summed E-state index contributed by atoms with van der Waals surface area (Å²) < 4.78 is 31.4. The first-order chi connectivity index (χ1) is 22.3. The maximum atomic E-state index is 13.3. The highest BCUT2D eigenvalue weighted by molar-refractivity contribution is 7.80. The Morgan fingerprint density at radius 3 is 2.28 bits per heavy atom. The Morgan fingerprint density at radius 2 is 1.74 bits per heavy atom. The van der Waals surface area contributed by atoms with Gasteiger partial charge in [-0.2, -0.15) is 0 Å². The van der Waals surface area contributed by atoms with Crippen LogP contribution in [0.15, 0.2) is 17.4 Å². The van der Waals surface area contributed by atoms with Crippen molar-refractivity contribution in [2.75, 3.05) is 39.8 Å². The highest BCUT2D eigenvalue weighted by atomic mass is 32.2. The molecule has 2 atom stereocenters. The van der Waals surface area contributed by atoms with Crippen molar-refractivity contribution in [3.05, 3.63) is 33.8 Å². The summed E-state index contributed by atoms with van der Waals surface area (Å²) in [4.78, 5) is 49.1. The molecule has 2 fully saturated rings. The lowest BCUT2D eigenvalue weighted by Gasteiger charge is -2.37. The van der Waals surface area contributed by atoms with E-state index in [-0.39, 0.29) is 37.5 Å². The molecule has 0 bridgehead atoms. The first-order valence-corrected chi connectivity index (χ1v) is 17.2. The minimum Gasteiger partial charge on any atom is -0.444 e. The van der Waals surface area contributed by atoms with Crippen LogP contribution in [-0.4, -0.2) is 97.8 Å². The number of imidazole rings is 1. The van der Waals surface area contributed by atoms with Gasteiger partial charge < -0.3 is 24.9 Å². The van der Waals surface area contributed by atoms with Crippen LogP contribution in [0.4, 0.5) is 4.79 Å². The summed E-state index contributed by atoms with van der Waals surface area (Å²) in [5.41, 5.74) is -0.426. The van der Waals surface area contributed by atoms with Crippen LogP contribution >= 0.6 is 0 Å². The maximum absolute atomic E-state index is 13.3. The molecule has 260 valence electrons. The third kappa shape index (κ3) is 10.2. The Bertz CT molecular complexity index is 1550. The molecule has 2 aliphatic rings. The molecule has 2 unspecified atom stereocenters. The summed E-state index contributed by atoms with van der Waals surface area (Å²) in [5, 5.41) is 6.55. The standard InChI is InChI=1S/C33H50N6O7S/c1-8-24(29-27(9-2)39(32(43)36(29)7)28(13-10-22-40)30(41)34-6)12-11-23-45-26-16-20-38(21-17-26)47(44)37-18-14-25(15-19-37)35-31(42)46-33(3,4)5/h8-9,22,25-26,28H,1,10,13-21,23H2,2-7H3,(H,34,41)(H,35,42)/b27-9+,29-24-. The fourth-order valence-corrected chi connectivity index (χ4v) is 7.13. The number of hydrogen-bond acceptors (Lipinski definition) is 7. The Hall–Kier alpha value is -3.51. The Balaban J connectivity index is 1.58. The molecule has 2 aliphatic heterocycles. The van der Waals surface area contributed by atoms with Gasteiger partial charge in [0.05, 0.1) is 16.8 Å². The van der Waals surface area contributed by atoms with Crippen LogP contribution < -0.4 is 27.0 Å². The number of carbonyl (C=O) groups excluding carboxylic acids is 3. The van der Waals surface area contributed by atoms with Gasteiger partial charge in [0.1, 0.15) is 24.5 Å². The molecule has 3 heterocycles. The Morgan fingerprint density at radius 1 is 1.13 bits per heavy atom. The number of aromatic nitrogens is 2. The van der Waals surface area contributed by atoms with Crippen molar-refractivity contribution in [2.24, 2.45) is 7.05 Å². The quantitative estimate of drug-likeness (QED) is 0.259. The van der Waals surface area contributed by atoms with Gasteiger partial charge >= 0.3 is 11.8 Å². The number of carbonyl (C=O) groups is 3. The third-order valence-corrected chi connectivity index (χ3v) is 9.73. The number of amides is 2. The first-order valence-electron chi connectivity index (χ1n) is 16.1. The van der Waals surface area contributed by atoms with Crippen LogP contribution in [0.5, 0.6) is 0 Å². The number of nitrogens with one attached hydrogen (secondary N) is 2. The van der Waals surface area contributed by atoms with E-state index in [1.54, 1.807) is 26.1 Å². The number of rotatable bonds is 11. The molecule has 47 heavy (non-hydrogen) atoms. The molecular weight excluding hydrogens is 624 g/mol. The molecule has 2 amide bonds. The van der Waals surface area contributed by atoms with E-state index in [1.807, 2.05) is 29.4 Å². The molecule has 14 heteroatoms. The second-order valence-electron chi connectivity index (χ2n) is 12.5. The van der Waals surface area contributed by atoms with Crippen molar-refractivity contribution in [3.63, 3.8) is 0 Å². The predicted octanol–water partition coefficient (Wildman–Crippen LogP) is 0.642. The molecule has 3 rings (SSSR count). The molecule has 1 aromatic heterocycles. The van der Waals surface area contributed by atoms with Crippen molar-refractivity contribution in [3.8, 4) is 11.8 Å². The smallest absolute Gasteiger partial charge is 0.407 e. The molecule has 0 aromatic carbocycles. The van der Waals surface area contributed by atoms with Gasteiger partial charge in [0, 0.05) is 58.3 Å². The largest absolute Gasteiger partial charge is 0.444 e. The van der Waals surface area contributed by atoms with Crippen molar-refractivity contribution in [1.29, 1.82) is 0 Å². The van der Waals surface area contributed by atoms with Gasteiger partial charge in [-0.05, 0) is 59.8 Å². The van der Waals surface area contributed by atoms with Crippen LogP contribution in [0, 0.1) is 11.8 Å². The van der Waals surface area contributed by atoms with E-state index in [1.165, 1.54) is 16.2 Å². The van der Waals surface area contributed by atoms with Crippen LogP contribution in [0.3, 0.4) is 0 Å². The van der Waals surface area contributed by atoms with Crippen LogP contribution in [-0.2, 0) is 37.3 Å². The SMILES string of the molecule is C=C/C(C#CCOC1CCN(S(=O)N2CCC(NC(=O)OC(C)(C)C)CC2)CC1)=c1\c(=C/C)n(C(CCC=O)C(=O)NC)c(=O)n1C. The van der Waals surface area contributed by atoms with Gasteiger partial charge in [0.2, 0.25) is 5.91 Å². The van der Waals surface area contributed by atoms with Crippen molar-refractivity contribution in [2.45, 2.75) is 90.0 Å². The summed E-state index contributed by atoms with van der Waals surface area (Å²) in [6.45, 7) is 13.8. The van der Waals surface area contributed by atoms with Crippen molar-refractivity contribution >= 4 is 41.1 Å². The van der Waals surface area contributed by atoms with Crippen LogP contribution in [0.25, 0.3) is 11.6 Å². The molecule has 0 aliphatic carbocycles. The number of alkyl carbamates (subject to hydrolysis) is 1. The highest BCUT2D eigenvalue weighted by Gasteiger charge is 2.31. The zero-order chi connectivity index (χ0) is 34.7. The fourth-order valence-electron chi connectivity index (χ4n) is 5.76. The van der Waals surface area contributed by atoms with E-state index in [0.29, 0.717) is 55.3 Å². The molecule has 0 saturated carbocycles. The zero-order valence-corrected chi connectivity index (χ0v) is 29.3. The monoisotopic (exact) mass is 674 g/mol. The number of piperidine rings is 2. The third-order valence-electron chi connectivity index (χ3n) is 8.11. The molecular formula is C33H50N6O7S. The predicted molar refractivity (Wildman–Crippen MR) is 181 cm³/mol. The zero-order valence-electron chi connectivity index (χ0n) is 28.5. The number of hydrogen-bond donors (Lipinski definition) is 2. The van der Waals surface area contributed by atoms with E-state index in [9.17, 15) is 23.4 Å². The van der Waals surface area contributed by atoms with E-state index >= 15 is 0 Å². The topological polar surface area (TPSA) is 144 Å². The van der Waals surface area contributed by atoms with Gasteiger partial charge in [-0.25, -0.2) is 22.4 Å². The minimum atomic E-state index is -1.25. The number of ether oxygens (including phenoxy) is 2. The fraction of sp³-hybridized carbons (Fsp3) is 0.636. The molecule has 0 spiro atoms. The van der Waals surface area contributed by atoms with E-state index in [2.05, 4.69) is 29.1 Å². The normalized spacial score (nSPS) is 19.2. The Labute approximate surface area is 279 Å². The van der Waals surface area contributed by atoms with Gasteiger partial charge in [0.25, 0.3) is 0 Å². The maximum Gasteiger partial charge on any atom is 0.407 e. The van der Waals surface area contributed by atoms with Gasteiger partial charge in [-0.3, -0.25) is 13.9 Å². The van der Waals surface area contributed by atoms with E-state index < -0.39 is 34.6 Å². The second kappa shape index (κ2) is 17.6. The summed E-state index contributed by atoms with van der Waals surface area (Å²) >= 11 is -1.25. The molecule has 2 N–H and O–H groups in total. The lowest BCUT2D eigenvalue weighted by Crippen LogP contribution is -2.50. The second-order valence-corrected chi connectivity index (χ2v) is 14.0. The summed E-state index contributed by atoms with van der Waals surface area (Å²) in [6, 6.07) is -0.846. The lowest BCUT2D eigenvalue weighted by atomic mass is 10.1. The van der Waals surface area contributed by atoms with Crippen molar-refractivity contribution < 1.29 is 28.1 Å². The van der Waals surface area contributed by atoms with E-state index in [4.69, 9.17) is 9.47 Å². The van der Waals surface area contributed by atoms with Crippen LogP contribution in [0.2, 0.25) is 0 Å². The molecule has 0 radical (unpaired) electrons. The van der Waals surface area contributed by atoms with Gasteiger partial charge in [0.15, 0.2) is 11.2 Å². The number of nitrogens with zero attached hydrogens (tertiary/aromatic N) is 4.